The predicted molar refractivity (Wildman–Crippen MR) is 77.1 cm³/mol. The minimum atomic E-state index is -0.0625. The second kappa shape index (κ2) is 5.54. The van der Waals surface area contributed by atoms with E-state index in [2.05, 4.69) is 47.0 Å². The molecule has 0 aliphatic carbocycles. The van der Waals surface area contributed by atoms with Crippen molar-refractivity contribution in [1.82, 2.24) is 5.32 Å². The quantitative estimate of drug-likeness (QED) is 0.650. The molecule has 0 aromatic heterocycles. The molecule has 0 aliphatic heterocycles. The van der Waals surface area contributed by atoms with Crippen LogP contribution in [0.2, 0.25) is 0 Å². The molecule has 1 atom stereocenters. The number of halogens is 1. The number of aliphatic imine (C=N–C) groups is 1. The molecule has 17 heavy (non-hydrogen) atoms. The van der Waals surface area contributed by atoms with E-state index in [1.807, 2.05) is 31.2 Å². The van der Waals surface area contributed by atoms with Crippen LogP contribution in [-0.2, 0) is 0 Å². The number of rotatable bonds is 2. The minimum Gasteiger partial charge on any atom is -0.370 e. The number of nitrogens with zero attached hydrogens (tertiary/aromatic N) is 1. The topological polar surface area (TPSA) is 50.4 Å². The molecule has 1 rings (SSSR count). The van der Waals surface area contributed by atoms with Crippen molar-refractivity contribution in [3.8, 4) is 0 Å². The van der Waals surface area contributed by atoms with E-state index in [4.69, 9.17) is 5.73 Å². The third kappa shape index (κ3) is 5.22. The lowest BCUT2D eigenvalue weighted by atomic mass is 10.1. The first-order valence-electron chi connectivity index (χ1n) is 5.65. The summed E-state index contributed by atoms with van der Waals surface area (Å²) in [6, 6.07) is 8.16. The van der Waals surface area contributed by atoms with Gasteiger partial charge in [-0.15, -0.1) is 0 Å². The lowest BCUT2D eigenvalue weighted by Crippen LogP contribution is -2.45. The maximum atomic E-state index is 5.86. The number of hydrogen-bond donors (Lipinski definition) is 2. The van der Waals surface area contributed by atoms with Crippen LogP contribution in [0.3, 0.4) is 0 Å². The molecule has 3 N–H and O–H groups in total. The lowest BCUT2D eigenvalue weighted by molar-refractivity contribution is 0.507. The normalized spacial score (nSPS) is 14.5. The first-order chi connectivity index (χ1) is 7.78. The van der Waals surface area contributed by atoms with E-state index in [1.165, 1.54) is 0 Å². The minimum absolute atomic E-state index is 0.0537. The van der Waals surface area contributed by atoms with Crippen LogP contribution in [0.5, 0.6) is 0 Å². The summed E-state index contributed by atoms with van der Waals surface area (Å²) in [5.41, 5.74) is 6.94. The van der Waals surface area contributed by atoms with Gasteiger partial charge in [0.05, 0.1) is 6.04 Å². The van der Waals surface area contributed by atoms with Crippen LogP contribution < -0.4 is 11.1 Å². The standard InChI is InChI=1S/C13H20BrN3/c1-9(10-5-7-11(14)8-6-10)16-12(15)17-13(2,3)4/h5-9H,1-4H3,(H3,15,16,17). The van der Waals surface area contributed by atoms with Crippen LogP contribution in [0, 0.1) is 0 Å². The first-order valence-corrected chi connectivity index (χ1v) is 6.44. The van der Waals surface area contributed by atoms with E-state index < -0.39 is 0 Å². The molecule has 0 aliphatic rings. The van der Waals surface area contributed by atoms with Gasteiger partial charge in [0.2, 0.25) is 0 Å². The zero-order valence-corrected chi connectivity index (χ0v) is 12.4. The second-order valence-electron chi connectivity index (χ2n) is 5.12. The van der Waals surface area contributed by atoms with Crippen LogP contribution >= 0.6 is 15.9 Å². The van der Waals surface area contributed by atoms with Crippen LogP contribution in [-0.4, -0.2) is 11.5 Å². The van der Waals surface area contributed by atoms with Crippen LogP contribution in [0.25, 0.3) is 0 Å². The van der Waals surface area contributed by atoms with Gasteiger partial charge in [0.15, 0.2) is 5.96 Å². The molecule has 0 saturated carbocycles. The molecule has 94 valence electrons. The van der Waals surface area contributed by atoms with Crippen LogP contribution in [0.15, 0.2) is 33.7 Å². The Balaban J connectivity index is 2.74. The van der Waals surface area contributed by atoms with E-state index in [-0.39, 0.29) is 11.6 Å². The largest absolute Gasteiger partial charge is 0.370 e. The third-order valence-corrected chi connectivity index (χ3v) is 2.72. The van der Waals surface area contributed by atoms with Gasteiger partial charge < -0.3 is 11.1 Å². The number of hydrogen-bond acceptors (Lipinski definition) is 1. The third-order valence-electron chi connectivity index (χ3n) is 2.19. The number of nitrogens with two attached hydrogens (primary N) is 1. The average molecular weight is 298 g/mol. The highest BCUT2D eigenvalue weighted by Gasteiger charge is 2.11. The van der Waals surface area contributed by atoms with Gasteiger partial charge in [0, 0.05) is 10.0 Å². The van der Waals surface area contributed by atoms with Crippen LogP contribution in [0.1, 0.15) is 39.3 Å². The summed E-state index contributed by atoms with van der Waals surface area (Å²) in [6.45, 7) is 8.19. The zero-order valence-electron chi connectivity index (χ0n) is 10.8. The average Bonchev–Trinajstić information content (AvgIpc) is 2.15. The maximum Gasteiger partial charge on any atom is 0.189 e. The van der Waals surface area contributed by atoms with Crippen molar-refractivity contribution >= 4 is 21.9 Å². The van der Waals surface area contributed by atoms with Gasteiger partial charge in [-0.25, -0.2) is 4.99 Å². The van der Waals surface area contributed by atoms with Crippen molar-refractivity contribution in [3.05, 3.63) is 34.3 Å². The molecule has 0 bridgehead atoms. The fourth-order valence-electron chi connectivity index (χ4n) is 1.44. The number of guanidine groups is 1. The Hall–Kier alpha value is -1.03. The predicted octanol–water partition coefficient (Wildman–Crippen LogP) is 3.21. The van der Waals surface area contributed by atoms with E-state index in [0.29, 0.717) is 5.96 Å². The second-order valence-corrected chi connectivity index (χ2v) is 6.03. The molecule has 1 aromatic rings. The Morgan fingerprint density at radius 2 is 1.82 bits per heavy atom. The fourth-order valence-corrected chi connectivity index (χ4v) is 1.71. The smallest absolute Gasteiger partial charge is 0.189 e. The molecule has 1 unspecified atom stereocenters. The van der Waals surface area contributed by atoms with Gasteiger partial charge in [0.1, 0.15) is 0 Å². The van der Waals surface area contributed by atoms with E-state index in [1.54, 1.807) is 0 Å². The summed E-state index contributed by atoms with van der Waals surface area (Å²) in [5.74, 6) is 0.480. The van der Waals surface area contributed by atoms with Crippen LogP contribution in [0.4, 0.5) is 0 Å². The molecular formula is C13H20BrN3. The molecule has 0 heterocycles. The molecule has 0 amide bonds. The summed E-state index contributed by atoms with van der Waals surface area (Å²) in [4.78, 5) is 4.43. The molecule has 4 heteroatoms. The summed E-state index contributed by atoms with van der Waals surface area (Å²) in [7, 11) is 0. The lowest BCUT2D eigenvalue weighted by Gasteiger charge is -2.22. The van der Waals surface area contributed by atoms with Crippen molar-refractivity contribution in [2.75, 3.05) is 0 Å². The summed E-state index contributed by atoms with van der Waals surface area (Å²) in [5, 5.41) is 3.15. The van der Waals surface area contributed by atoms with E-state index in [9.17, 15) is 0 Å². The summed E-state index contributed by atoms with van der Waals surface area (Å²) in [6.07, 6.45) is 0. The highest BCUT2D eigenvalue weighted by molar-refractivity contribution is 9.10. The monoisotopic (exact) mass is 297 g/mol. The van der Waals surface area contributed by atoms with Crippen molar-refractivity contribution in [2.24, 2.45) is 10.7 Å². The Labute approximate surface area is 112 Å². The van der Waals surface area contributed by atoms with Crippen molar-refractivity contribution in [1.29, 1.82) is 0 Å². The first kappa shape index (κ1) is 14.0. The Morgan fingerprint density at radius 1 is 1.29 bits per heavy atom. The highest BCUT2D eigenvalue weighted by Crippen LogP contribution is 2.19. The molecule has 0 saturated heterocycles. The number of nitrogens with one attached hydrogen (secondary N) is 1. The number of benzene rings is 1. The fraction of sp³-hybridized carbons (Fsp3) is 0.462. The van der Waals surface area contributed by atoms with E-state index >= 15 is 0 Å². The van der Waals surface area contributed by atoms with Gasteiger partial charge in [-0.2, -0.15) is 0 Å². The van der Waals surface area contributed by atoms with Gasteiger partial charge in [-0.3, -0.25) is 0 Å². The Morgan fingerprint density at radius 3 is 2.29 bits per heavy atom. The molecule has 0 spiro atoms. The Kier molecular flexibility index (Phi) is 4.57. The summed E-state index contributed by atoms with van der Waals surface area (Å²) >= 11 is 3.41. The molecule has 0 fully saturated rings. The maximum absolute atomic E-state index is 5.86. The summed E-state index contributed by atoms with van der Waals surface area (Å²) < 4.78 is 1.07. The van der Waals surface area contributed by atoms with E-state index in [0.717, 1.165) is 10.0 Å². The van der Waals surface area contributed by atoms with Gasteiger partial charge in [0.25, 0.3) is 0 Å². The molecule has 1 aromatic carbocycles. The zero-order chi connectivity index (χ0) is 13.1. The van der Waals surface area contributed by atoms with Gasteiger partial charge in [-0.1, -0.05) is 28.1 Å². The Bertz CT molecular complexity index is 390. The molecule has 3 nitrogen and oxygen atoms in total. The SMILES string of the molecule is CC(N=C(N)NC(C)(C)C)c1ccc(Br)cc1. The van der Waals surface area contributed by atoms with Crippen molar-refractivity contribution < 1.29 is 0 Å². The van der Waals surface area contributed by atoms with Gasteiger partial charge in [-0.05, 0) is 45.4 Å². The van der Waals surface area contributed by atoms with Gasteiger partial charge >= 0.3 is 0 Å². The van der Waals surface area contributed by atoms with Crippen molar-refractivity contribution in [3.63, 3.8) is 0 Å². The highest BCUT2D eigenvalue weighted by atomic mass is 79.9. The van der Waals surface area contributed by atoms with Crippen molar-refractivity contribution in [2.45, 2.75) is 39.3 Å². The molecular weight excluding hydrogens is 278 g/mol. The molecule has 0 radical (unpaired) electrons.